The number of halogens is 2. The molecule has 5 heteroatoms. The highest BCUT2D eigenvalue weighted by molar-refractivity contribution is 5.26. The molecule has 0 saturated carbocycles. The zero-order valence-corrected chi connectivity index (χ0v) is 10.4. The van der Waals surface area contributed by atoms with Crippen LogP contribution in [0.25, 0.3) is 0 Å². The summed E-state index contributed by atoms with van der Waals surface area (Å²) in [7, 11) is 1.65. The van der Waals surface area contributed by atoms with Crippen LogP contribution in [0.5, 0.6) is 0 Å². The molecule has 1 heterocycles. The van der Waals surface area contributed by atoms with Gasteiger partial charge in [-0.25, -0.2) is 8.78 Å². The molecular weight excluding hydrogens is 238 g/mol. The Labute approximate surface area is 106 Å². The van der Waals surface area contributed by atoms with Crippen LogP contribution in [0.2, 0.25) is 0 Å². The van der Waals surface area contributed by atoms with E-state index < -0.39 is 11.6 Å². The minimum absolute atomic E-state index is 0.0811. The van der Waals surface area contributed by atoms with Crippen molar-refractivity contribution in [3.8, 4) is 0 Å². The Bertz CT molecular complexity index is 414. The predicted octanol–water partition coefficient (Wildman–Crippen LogP) is 1.34. The van der Waals surface area contributed by atoms with Gasteiger partial charge >= 0.3 is 0 Å². The SMILES string of the molecule is COCCN1CC(c2ccc(F)cc2F)[C@H](N)C1. The largest absolute Gasteiger partial charge is 0.383 e. The maximum atomic E-state index is 13.7. The highest BCUT2D eigenvalue weighted by Crippen LogP contribution is 2.28. The fourth-order valence-corrected chi connectivity index (χ4v) is 2.45. The first kappa shape index (κ1) is 13.4. The van der Waals surface area contributed by atoms with Gasteiger partial charge in [-0.2, -0.15) is 0 Å². The lowest BCUT2D eigenvalue weighted by atomic mass is 9.94. The van der Waals surface area contributed by atoms with Crippen molar-refractivity contribution in [2.75, 3.05) is 33.4 Å². The number of ether oxygens (including phenoxy) is 1. The molecule has 1 fully saturated rings. The second-order valence-corrected chi connectivity index (χ2v) is 4.69. The van der Waals surface area contributed by atoms with Crippen molar-refractivity contribution in [1.29, 1.82) is 0 Å². The van der Waals surface area contributed by atoms with Crippen molar-refractivity contribution in [2.45, 2.75) is 12.0 Å². The molecule has 1 aliphatic heterocycles. The molecule has 1 aromatic carbocycles. The lowest BCUT2D eigenvalue weighted by Gasteiger charge is -2.16. The van der Waals surface area contributed by atoms with Crippen LogP contribution in [0.4, 0.5) is 8.78 Å². The van der Waals surface area contributed by atoms with E-state index in [4.69, 9.17) is 10.5 Å². The predicted molar refractivity (Wildman–Crippen MR) is 65.4 cm³/mol. The minimum Gasteiger partial charge on any atom is -0.383 e. The topological polar surface area (TPSA) is 38.5 Å². The third-order valence-electron chi connectivity index (χ3n) is 3.41. The summed E-state index contributed by atoms with van der Waals surface area (Å²) < 4.78 is 31.6. The van der Waals surface area contributed by atoms with Gasteiger partial charge in [0.2, 0.25) is 0 Å². The number of likely N-dealkylation sites (tertiary alicyclic amines) is 1. The lowest BCUT2D eigenvalue weighted by Crippen LogP contribution is -2.30. The Morgan fingerprint density at radius 3 is 2.83 bits per heavy atom. The van der Waals surface area contributed by atoms with Gasteiger partial charge in [-0.05, 0) is 11.6 Å². The van der Waals surface area contributed by atoms with E-state index in [1.807, 2.05) is 0 Å². The third-order valence-corrected chi connectivity index (χ3v) is 3.41. The molecule has 1 aliphatic rings. The van der Waals surface area contributed by atoms with E-state index in [1.54, 1.807) is 7.11 Å². The van der Waals surface area contributed by atoms with Crippen molar-refractivity contribution >= 4 is 0 Å². The Kier molecular flexibility index (Phi) is 4.27. The van der Waals surface area contributed by atoms with Crippen molar-refractivity contribution in [3.05, 3.63) is 35.4 Å². The first-order valence-electron chi connectivity index (χ1n) is 6.03. The molecule has 1 saturated heterocycles. The maximum absolute atomic E-state index is 13.7. The molecule has 0 bridgehead atoms. The van der Waals surface area contributed by atoms with Gasteiger partial charge in [0.1, 0.15) is 11.6 Å². The molecule has 2 atom stereocenters. The first-order chi connectivity index (χ1) is 8.61. The van der Waals surface area contributed by atoms with E-state index in [2.05, 4.69) is 4.90 Å². The smallest absolute Gasteiger partial charge is 0.129 e. The van der Waals surface area contributed by atoms with Crippen LogP contribution >= 0.6 is 0 Å². The third kappa shape index (κ3) is 2.85. The molecule has 3 nitrogen and oxygen atoms in total. The van der Waals surface area contributed by atoms with Gasteiger partial charge in [0.25, 0.3) is 0 Å². The van der Waals surface area contributed by atoms with Crippen molar-refractivity contribution in [2.24, 2.45) is 5.73 Å². The van der Waals surface area contributed by atoms with Crippen molar-refractivity contribution in [3.63, 3.8) is 0 Å². The summed E-state index contributed by atoms with van der Waals surface area (Å²) >= 11 is 0. The highest BCUT2D eigenvalue weighted by atomic mass is 19.1. The summed E-state index contributed by atoms with van der Waals surface area (Å²) in [4.78, 5) is 2.14. The average Bonchev–Trinajstić information content (AvgIpc) is 2.68. The van der Waals surface area contributed by atoms with Gasteiger partial charge in [-0.1, -0.05) is 6.07 Å². The first-order valence-corrected chi connectivity index (χ1v) is 6.03. The van der Waals surface area contributed by atoms with Crippen LogP contribution in [-0.4, -0.2) is 44.3 Å². The van der Waals surface area contributed by atoms with Crippen LogP contribution in [0.3, 0.4) is 0 Å². The Balaban J connectivity index is 2.09. The number of rotatable bonds is 4. The number of nitrogens with two attached hydrogens (primary N) is 1. The molecular formula is C13H18F2N2O. The van der Waals surface area contributed by atoms with Gasteiger partial charge < -0.3 is 10.5 Å². The van der Waals surface area contributed by atoms with Gasteiger partial charge in [0, 0.05) is 44.8 Å². The average molecular weight is 256 g/mol. The molecule has 2 N–H and O–H groups in total. The van der Waals surface area contributed by atoms with Gasteiger partial charge in [0.15, 0.2) is 0 Å². The maximum Gasteiger partial charge on any atom is 0.129 e. The summed E-state index contributed by atoms with van der Waals surface area (Å²) in [6.45, 7) is 2.81. The molecule has 0 amide bonds. The normalized spacial score (nSPS) is 24.7. The number of benzene rings is 1. The van der Waals surface area contributed by atoms with Crippen molar-refractivity contribution < 1.29 is 13.5 Å². The summed E-state index contributed by atoms with van der Waals surface area (Å²) in [5, 5.41) is 0. The summed E-state index contributed by atoms with van der Waals surface area (Å²) in [5.74, 6) is -1.15. The number of methoxy groups -OCH3 is 1. The zero-order chi connectivity index (χ0) is 13.1. The zero-order valence-electron chi connectivity index (χ0n) is 10.4. The fraction of sp³-hybridized carbons (Fsp3) is 0.538. The molecule has 0 spiro atoms. The van der Waals surface area contributed by atoms with E-state index in [-0.39, 0.29) is 12.0 Å². The van der Waals surface area contributed by atoms with Gasteiger partial charge in [-0.3, -0.25) is 4.90 Å². The Morgan fingerprint density at radius 1 is 1.39 bits per heavy atom. The fourth-order valence-electron chi connectivity index (χ4n) is 2.45. The monoisotopic (exact) mass is 256 g/mol. The van der Waals surface area contributed by atoms with Crippen LogP contribution in [0, 0.1) is 11.6 Å². The Morgan fingerprint density at radius 2 is 2.17 bits per heavy atom. The van der Waals surface area contributed by atoms with E-state index in [0.717, 1.165) is 12.6 Å². The second-order valence-electron chi connectivity index (χ2n) is 4.69. The minimum atomic E-state index is -0.556. The summed E-state index contributed by atoms with van der Waals surface area (Å²) in [6, 6.07) is 3.57. The van der Waals surface area contributed by atoms with E-state index in [0.29, 0.717) is 25.3 Å². The lowest BCUT2D eigenvalue weighted by molar-refractivity contribution is 0.159. The van der Waals surface area contributed by atoms with Crippen LogP contribution in [0.15, 0.2) is 18.2 Å². The molecule has 100 valence electrons. The highest BCUT2D eigenvalue weighted by Gasteiger charge is 2.32. The van der Waals surface area contributed by atoms with Gasteiger partial charge in [0.05, 0.1) is 6.61 Å². The summed E-state index contributed by atoms with van der Waals surface area (Å²) in [5.41, 5.74) is 6.54. The van der Waals surface area contributed by atoms with Crippen molar-refractivity contribution in [1.82, 2.24) is 4.90 Å². The summed E-state index contributed by atoms with van der Waals surface area (Å²) in [6.07, 6.45) is 0. The molecule has 18 heavy (non-hydrogen) atoms. The number of nitrogens with zero attached hydrogens (tertiary/aromatic N) is 1. The number of hydrogen-bond acceptors (Lipinski definition) is 3. The molecule has 0 aliphatic carbocycles. The van der Waals surface area contributed by atoms with Crippen LogP contribution in [0.1, 0.15) is 11.5 Å². The van der Waals surface area contributed by atoms with Gasteiger partial charge in [-0.15, -0.1) is 0 Å². The molecule has 1 unspecified atom stereocenters. The van der Waals surface area contributed by atoms with E-state index >= 15 is 0 Å². The quantitative estimate of drug-likeness (QED) is 0.883. The van der Waals surface area contributed by atoms with Crippen LogP contribution < -0.4 is 5.73 Å². The molecule has 1 aromatic rings. The standard InChI is InChI=1S/C13H18F2N2O/c1-18-5-4-17-7-11(13(16)8-17)10-3-2-9(14)6-12(10)15/h2-3,6,11,13H,4-5,7-8,16H2,1H3/t11?,13-/m1/s1. The molecule has 0 radical (unpaired) electrons. The second kappa shape index (κ2) is 5.73. The molecule has 0 aromatic heterocycles. The molecule has 2 rings (SSSR count). The van der Waals surface area contributed by atoms with E-state index in [1.165, 1.54) is 12.1 Å². The van der Waals surface area contributed by atoms with E-state index in [9.17, 15) is 8.78 Å². The number of hydrogen-bond donors (Lipinski definition) is 1. The Hall–Kier alpha value is -1.04. The van der Waals surface area contributed by atoms with Crippen LogP contribution in [-0.2, 0) is 4.74 Å².